The van der Waals surface area contributed by atoms with Crippen molar-refractivity contribution in [3.63, 3.8) is 0 Å². The lowest BCUT2D eigenvalue weighted by Crippen LogP contribution is -2.08. The van der Waals surface area contributed by atoms with Gasteiger partial charge in [-0.1, -0.05) is 24.3 Å². The highest BCUT2D eigenvalue weighted by atomic mass is 35.7. The lowest BCUT2D eigenvalue weighted by molar-refractivity contribution is 0.103. The first-order valence-corrected chi connectivity index (χ1v) is 9.03. The van der Waals surface area contributed by atoms with E-state index in [-0.39, 0.29) is 11.1 Å². The van der Waals surface area contributed by atoms with Crippen molar-refractivity contribution in [2.45, 2.75) is 20.8 Å². The largest absolute Gasteiger partial charge is 0.330 e. The minimum Gasteiger partial charge on any atom is -0.330 e. The highest BCUT2D eigenvalue weighted by Gasteiger charge is 2.18. The van der Waals surface area contributed by atoms with Crippen molar-refractivity contribution in [2.75, 3.05) is 0 Å². The number of carbonyl (C=O) groups is 1. The Labute approximate surface area is 128 Å². The van der Waals surface area contributed by atoms with Gasteiger partial charge in [-0.3, -0.25) is 9.36 Å². The van der Waals surface area contributed by atoms with E-state index in [1.54, 1.807) is 0 Å². The molecule has 110 valence electrons. The first-order valence-electron chi connectivity index (χ1n) is 6.46. The molecule has 0 aliphatic carbocycles. The van der Waals surface area contributed by atoms with Crippen molar-refractivity contribution >= 4 is 29.1 Å². The van der Waals surface area contributed by atoms with Gasteiger partial charge in [0.05, 0.1) is 5.30 Å². The van der Waals surface area contributed by atoms with E-state index >= 15 is 0 Å². The lowest BCUT2D eigenvalue weighted by atomic mass is 9.93. The minimum absolute atomic E-state index is 0.107. The summed E-state index contributed by atoms with van der Waals surface area (Å²) in [4.78, 5) is 21.8. The molecule has 0 saturated carbocycles. The molecular weight excluding hydrogens is 307 g/mol. The van der Waals surface area contributed by atoms with Gasteiger partial charge in [-0.15, -0.1) is 0 Å². The zero-order valence-electron chi connectivity index (χ0n) is 12.1. The van der Waals surface area contributed by atoms with Gasteiger partial charge in [0.25, 0.3) is 0 Å². The summed E-state index contributed by atoms with van der Waals surface area (Å²) in [6.07, 6.45) is 0. The molecule has 0 bridgehead atoms. The summed E-state index contributed by atoms with van der Waals surface area (Å²) in [5, 5.41) is 0.123. The molecule has 0 saturated heterocycles. The Morgan fingerprint density at radius 1 is 1.00 bits per heavy atom. The van der Waals surface area contributed by atoms with Gasteiger partial charge in [0.1, 0.15) is 0 Å². The third-order valence-electron chi connectivity index (χ3n) is 3.75. The normalized spacial score (nSPS) is 13.8. The Hall–Kier alpha value is -1.41. The van der Waals surface area contributed by atoms with Crippen LogP contribution in [0.25, 0.3) is 0 Å². The Kier molecular flexibility index (Phi) is 4.38. The van der Waals surface area contributed by atoms with E-state index in [9.17, 15) is 14.3 Å². The second-order valence-corrected chi connectivity index (χ2v) is 7.95. The van der Waals surface area contributed by atoms with Crippen LogP contribution in [0.15, 0.2) is 36.4 Å². The molecule has 0 amide bonds. The summed E-state index contributed by atoms with van der Waals surface area (Å²) in [6.45, 7) is 2.11. The van der Waals surface area contributed by atoms with Crippen molar-refractivity contribution in [2.24, 2.45) is 0 Å². The van der Waals surface area contributed by atoms with Gasteiger partial charge >= 0.3 is 6.72 Å². The van der Waals surface area contributed by atoms with Crippen molar-refractivity contribution in [1.29, 1.82) is 0 Å². The van der Waals surface area contributed by atoms with Crippen LogP contribution >= 0.6 is 18.0 Å². The van der Waals surface area contributed by atoms with E-state index in [4.69, 9.17) is 11.2 Å². The van der Waals surface area contributed by atoms with Crippen LogP contribution in [0.4, 0.5) is 0 Å². The Bertz CT molecular complexity index is 745. The van der Waals surface area contributed by atoms with E-state index in [1.165, 1.54) is 24.3 Å². The quantitative estimate of drug-likeness (QED) is 0.689. The topological polar surface area (TPSA) is 54.4 Å². The van der Waals surface area contributed by atoms with Crippen molar-refractivity contribution in [3.05, 3.63) is 64.2 Å². The molecule has 1 atom stereocenters. The van der Waals surface area contributed by atoms with E-state index in [2.05, 4.69) is 0 Å². The number of ketones is 1. The molecule has 21 heavy (non-hydrogen) atoms. The van der Waals surface area contributed by atoms with Crippen LogP contribution in [0.3, 0.4) is 0 Å². The molecule has 0 radical (unpaired) electrons. The molecule has 1 unspecified atom stereocenters. The first kappa shape index (κ1) is 16.0. The van der Waals surface area contributed by atoms with Gasteiger partial charge in [-0.2, -0.15) is 0 Å². The Morgan fingerprint density at radius 2 is 1.57 bits per heavy atom. The highest BCUT2D eigenvalue weighted by molar-refractivity contribution is 7.90. The van der Waals surface area contributed by atoms with Crippen LogP contribution in [0.1, 0.15) is 32.6 Å². The number of carbonyl (C=O) groups excluding carboxylic acids is 1. The molecule has 5 heteroatoms. The van der Waals surface area contributed by atoms with E-state index in [0.29, 0.717) is 11.1 Å². The molecule has 0 fully saturated rings. The van der Waals surface area contributed by atoms with Gasteiger partial charge in [-0.05, 0) is 60.8 Å². The number of hydrogen-bond donors (Lipinski definition) is 1. The zero-order valence-corrected chi connectivity index (χ0v) is 13.7. The van der Waals surface area contributed by atoms with Gasteiger partial charge in [-0.25, -0.2) is 0 Å². The molecule has 2 aromatic rings. The molecule has 0 aliphatic heterocycles. The SMILES string of the molecule is Cc1ccc(C(=O)c2ccc(P(=O)(O)Cl)cc2)c(C)c1C. The average Bonchev–Trinajstić information content (AvgIpc) is 2.43. The van der Waals surface area contributed by atoms with Gasteiger partial charge in [0, 0.05) is 11.1 Å². The number of halogens is 1. The fourth-order valence-electron chi connectivity index (χ4n) is 2.15. The van der Waals surface area contributed by atoms with E-state index in [1.807, 2.05) is 32.9 Å². The second-order valence-electron chi connectivity index (χ2n) is 5.06. The smallest absolute Gasteiger partial charge is 0.317 e. The van der Waals surface area contributed by atoms with Crippen LogP contribution < -0.4 is 5.30 Å². The summed E-state index contributed by atoms with van der Waals surface area (Å²) in [5.41, 5.74) is 4.30. The third-order valence-corrected chi connectivity index (χ3v) is 5.27. The fourth-order valence-corrected chi connectivity index (χ4v) is 3.01. The number of benzene rings is 2. The maximum atomic E-state index is 12.5. The molecule has 2 rings (SSSR count). The first-order chi connectivity index (χ1) is 9.71. The van der Waals surface area contributed by atoms with E-state index in [0.717, 1.165) is 16.7 Å². The highest BCUT2D eigenvalue weighted by Crippen LogP contribution is 2.44. The molecule has 0 aliphatic rings. The van der Waals surface area contributed by atoms with Crippen LogP contribution in [-0.2, 0) is 4.57 Å². The Morgan fingerprint density at radius 3 is 2.10 bits per heavy atom. The van der Waals surface area contributed by atoms with Crippen LogP contribution in [0, 0.1) is 20.8 Å². The predicted octanol–water partition coefficient (Wildman–Crippen LogP) is 3.89. The van der Waals surface area contributed by atoms with Crippen LogP contribution in [0.2, 0.25) is 0 Å². The molecule has 3 nitrogen and oxygen atoms in total. The summed E-state index contributed by atoms with van der Waals surface area (Å²) in [7, 11) is 0. The average molecular weight is 323 g/mol. The van der Waals surface area contributed by atoms with Crippen molar-refractivity contribution < 1.29 is 14.3 Å². The van der Waals surface area contributed by atoms with Gasteiger partial charge < -0.3 is 4.89 Å². The number of hydrogen-bond acceptors (Lipinski definition) is 2. The lowest BCUT2D eigenvalue weighted by Gasteiger charge is -2.11. The van der Waals surface area contributed by atoms with Gasteiger partial charge in [0.2, 0.25) is 0 Å². The minimum atomic E-state index is -3.80. The second kappa shape index (κ2) is 5.76. The predicted molar refractivity (Wildman–Crippen MR) is 85.8 cm³/mol. The molecular formula is C16H16ClO3P. The summed E-state index contributed by atoms with van der Waals surface area (Å²) >= 11 is 5.40. The molecule has 0 heterocycles. The summed E-state index contributed by atoms with van der Waals surface area (Å²) in [5.74, 6) is -0.107. The van der Waals surface area contributed by atoms with E-state index < -0.39 is 6.72 Å². The fraction of sp³-hybridized carbons (Fsp3) is 0.188. The number of aryl methyl sites for hydroxylation is 1. The third kappa shape index (κ3) is 3.26. The van der Waals surface area contributed by atoms with Crippen LogP contribution in [-0.4, -0.2) is 10.7 Å². The molecule has 1 N–H and O–H groups in total. The molecule has 2 aromatic carbocycles. The maximum absolute atomic E-state index is 12.5. The molecule has 0 aromatic heterocycles. The van der Waals surface area contributed by atoms with Gasteiger partial charge in [0.15, 0.2) is 5.78 Å². The standard InChI is InChI=1S/C16H16ClO3P/c1-10-4-9-15(12(3)11(10)2)16(18)13-5-7-14(8-6-13)21(17,19)20/h4-9H,1-3H3,(H,19,20). The van der Waals surface area contributed by atoms with Crippen LogP contribution in [0.5, 0.6) is 0 Å². The summed E-state index contributed by atoms with van der Waals surface area (Å²) < 4.78 is 11.3. The Balaban J connectivity index is 2.42. The monoisotopic (exact) mass is 322 g/mol. The molecule has 0 spiro atoms. The van der Waals surface area contributed by atoms with Crippen molar-refractivity contribution in [3.8, 4) is 0 Å². The number of rotatable bonds is 3. The van der Waals surface area contributed by atoms with Crippen molar-refractivity contribution in [1.82, 2.24) is 0 Å². The zero-order chi connectivity index (χ0) is 15.8. The maximum Gasteiger partial charge on any atom is 0.317 e. The summed E-state index contributed by atoms with van der Waals surface area (Å²) in [6, 6.07) is 9.61.